The third-order valence-corrected chi connectivity index (χ3v) is 4.08. The van der Waals surface area contributed by atoms with E-state index in [2.05, 4.69) is 9.97 Å². The molecule has 0 fully saturated rings. The quantitative estimate of drug-likeness (QED) is 0.826. The van der Waals surface area contributed by atoms with Crippen LogP contribution in [0.25, 0.3) is 0 Å². The van der Waals surface area contributed by atoms with Crippen LogP contribution in [0.1, 0.15) is 22.4 Å². The molecule has 1 aromatic heterocycles. The fourth-order valence-corrected chi connectivity index (χ4v) is 2.92. The van der Waals surface area contributed by atoms with Crippen LogP contribution in [0, 0.1) is 4.77 Å². The normalized spacial score (nSPS) is 15.4. The maximum absolute atomic E-state index is 12.6. The maximum atomic E-state index is 12.6. The summed E-state index contributed by atoms with van der Waals surface area (Å²) in [5, 5.41) is 0. The molecule has 2 aromatic rings. The first-order valence-electron chi connectivity index (χ1n) is 7.06. The second kappa shape index (κ2) is 5.93. The summed E-state index contributed by atoms with van der Waals surface area (Å²) in [7, 11) is 0. The van der Waals surface area contributed by atoms with Gasteiger partial charge in [0.25, 0.3) is 5.56 Å². The Morgan fingerprint density at radius 1 is 1.17 bits per heavy atom. The molecule has 0 spiro atoms. The summed E-state index contributed by atoms with van der Waals surface area (Å²) in [6, 6.07) is 5.11. The van der Waals surface area contributed by atoms with E-state index in [1.54, 1.807) is 0 Å². The number of nitrogens with one attached hydrogen (secondary N) is 2. The molecule has 0 amide bonds. The minimum Gasteiger partial charge on any atom is -0.335 e. The minimum atomic E-state index is -4.33. The summed E-state index contributed by atoms with van der Waals surface area (Å²) in [6.07, 6.45) is -3.67. The Labute approximate surface area is 135 Å². The molecule has 0 saturated carbocycles. The molecule has 1 aliphatic rings. The molecule has 0 bridgehead atoms. The highest BCUT2D eigenvalue weighted by Gasteiger charge is 2.30. The number of rotatable bonds is 2. The third kappa shape index (κ3) is 3.53. The minimum absolute atomic E-state index is 0.208. The molecule has 3 rings (SSSR count). The Hall–Kier alpha value is -1.93. The Morgan fingerprint density at radius 3 is 2.52 bits per heavy atom. The standard InChI is InChI=1S/C15H14F3N3OS/c16-15(17,18)10-3-1-9(2-4-10)7-21-6-5-12-11(8-21)13(22)20-14(23)19-12/h1-4H,5-8H2,(H2,19,20,22,23). The molecule has 0 radical (unpaired) electrons. The number of alkyl halides is 3. The molecule has 1 aliphatic heterocycles. The van der Waals surface area contributed by atoms with E-state index in [-0.39, 0.29) is 5.56 Å². The number of fused-ring (bicyclic) bond motifs is 1. The second-order valence-corrected chi connectivity index (χ2v) is 5.93. The molecule has 8 heteroatoms. The van der Waals surface area contributed by atoms with Crippen LogP contribution >= 0.6 is 12.2 Å². The van der Waals surface area contributed by atoms with Crippen LogP contribution in [-0.4, -0.2) is 21.4 Å². The van der Waals surface area contributed by atoms with E-state index >= 15 is 0 Å². The lowest BCUT2D eigenvalue weighted by molar-refractivity contribution is -0.137. The van der Waals surface area contributed by atoms with Crippen molar-refractivity contribution in [2.75, 3.05) is 6.54 Å². The first-order valence-corrected chi connectivity index (χ1v) is 7.46. The molecular formula is C15H14F3N3OS. The van der Waals surface area contributed by atoms with Crippen LogP contribution in [0.4, 0.5) is 13.2 Å². The van der Waals surface area contributed by atoms with Crippen LogP contribution in [0.15, 0.2) is 29.1 Å². The molecule has 4 nitrogen and oxygen atoms in total. The lowest BCUT2D eigenvalue weighted by atomic mass is 10.1. The summed E-state index contributed by atoms with van der Waals surface area (Å²) in [5.41, 5.74) is 1.39. The molecule has 2 N–H and O–H groups in total. The van der Waals surface area contributed by atoms with Gasteiger partial charge in [-0.1, -0.05) is 12.1 Å². The van der Waals surface area contributed by atoms with Crippen molar-refractivity contribution in [2.24, 2.45) is 0 Å². The zero-order chi connectivity index (χ0) is 16.6. The Morgan fingerprint density at radius 2 is 1.87 bits per heavy atom. The average molecular weight is 341 g/mol. The van der Waals surface area contributed by atoms with E-state index < -0.39 is 11.7 Å². The van der Waals surface area contributed by atoms with Gasteiger partial charge in [-0.3, -0.25) is 14.7 Å². The number of hydrogen-bond acceptors (Lipinski definition) is 3. The fourth-order valence-electron chi connectivity index (χ4n) is 2.70. The lowest BCUT2D eigenvalue weighted by Crippen LogP contribution is -2.35. The van der Waals surface area contributed by atoms with Gasteiger partial charge in [-0.2, -0.15) is 13.2 Å². The van der Waals surface area contributed by atoms with Gasteiger partial charge < -0.3 is 4.98 Å². The smallest absolute Gasteiger partial charge is 0.335 e. The van der Waals surface area contributed by atoms with Gasteiger partial charge in [0.1, 0.15) is 0 Å². The topological polar surface area (TPSA) is 51.9 Å². The number of nitrogens with zero attached hydrogens (tertiary/aromatic N) is 1. The number of aromatic nitrogens is 2. The molecule has 23 heavy (non-hydrogen) atoms. The first-order chi connectivity index (χ1) is 10.8. The van der Waals surface area contributed by atoms with Crippen molar-refractivity contribution in [1.82, 2.24) is 14.9 Å². The summed E-state index contributed by atoms with van der Waals surface area (Å²) in [6.45, 7) is 1.65. The Bertz CT molecular complexity index is 824. The highest BCUT2D eigenvalue weighted by Crippen LogP contribution is 2.29. The molecule has 122 valence electrons. The monoisotopic (exact) mass is 341 g/mol. The Balaban J connectivity index is 1.75. The molecule has 0 atom stereocenters. The van der Waals surface area contributed by atoms with E-state index in [9.17, 15) is 18.0 Å². The number of benzene rings is 1. The number of hydrogen-bond donors (Lipinski definition) is 2. The summed E-state index contributed by atoms with van der Waals surface area (Å²) in [4.78, 5) is 19.5. The van der Waals surface area contributed by atoms with Crippen LogP contribution in [0.5, 0.6) is 0 Å². The van der Waals surface area contributed by atoms with E-state index in [1.807, 2.05) is 4.90 Å². The Kier molecular flexibility index (Phi) is 4.11. The van der Waals surface area contributed by atoms with Crippen molar-refractivity contribution in [2.45, 2.75) is 25.7 Å². The van der Waals surface area contributed by atoms with Crippen LogP contribution in [0.3, 0.4) is 0 Å². The van der Waals surface area contributed by atoms with Crippen molar-refractivity contribution in [3.63, 3.8) is 0 Å². The zero-order valence-corrected chi connectivity index (χ0v) is 12.9. The zero-order valence-electron chi connectivity index (χ0n) is 12.0. The molecule has 0 aliphatic carbocycles. The molecule has 2 heterocycles. The van der Waals surface area contributed by atoms with Crippen molar-refractivity contribution >= 4 is 12.2 Å². The van der Waals surface area contributed by atoms with Crippen molar-refractivity contribution < 1.29 is 13.2 Å². The molecule has 1 aromatic carbocycles. The second-order valence-electron chi connectivity index (χ2n) is 5.52. The van der Waals surface area contributed by atoms with Gasteiger partial charge in [0.15, 0.2) is 4.77 Å². The SMILES string of the molecule is O=c1[nH]c(=S)[nH]c2c1CN(Cc1ccc(C(F)(F)F)cc1)CC2. The van der Waals surface area contributed by atoms with E-state index in [0.29, 0.717) is 36.4 Å². The van der Waals surface area contributed by atoms with Crippen LogP contribution in [0.2, 0.25) is 0 Å². The van der Waals surface area contributed by atoms with Gasteiger partial charge in [0, 0.05) is 31.7 Å². The van der Waals surface area contributed by atoms with Gasteiger partial charge in [0.2, 0.25) is 0 Å². The maximum Gasteiger partial charge on any atom is 0.416 e. The van der Waals surface area contributed by atoms with Gasteiger partial charge in [0.05, 0.1) is 11.1 Å². The number of H-pyrrole nitrogens is 2. The highest BCUT2D eigenvalue weighted by molar-refractivity contribution is 7.71. The summed E-state index contributed by atoms with van der Waals surface area (Å²) < 4.78 is 38.0. The largest absolute Gasteiger partial charge is 0.416 e. The molecular weight excluding hydrogens is 327 g/mol. The van der Waals surface area contributed by atoms with Crippen LogP contribution < -0.4 is 5.56 Å². The van der Waals surface area contributed by atoms with Crippen LogP contribution in [-0.2, 0) is 25.7 Å². The van der Waals surface area contributed by atoms with E-state index in [4.69, 9.17) is 12.2 Å². The fraction of sp³-hybridized carbons (Fsp3) is 0.333. The van der Waals surface area contributed by atoms with Crippen molar-refractivity contribution in [3.8, 4) is 0 Å². The van der Waals surface area contributed by atoms with E-state index in [0.717, 1.165) is 23.4 Å². The predicted octanol–water partition coefficient (Wildman–Crippen LogP) is 3.01. The molecule has 0 unspecified atom stereocenters. The molecule has 0 saturated heterocycles. The van der Waals surface area contributed by atoms with Gasteiger partial charge in [-0.05, 0) is 29.9 Å². The predicted molar refractivity (Wildman–Crippen MR) is 81.5 cm³/mol. The highest BCUT2D eigenvalue weighted by atomic mass is 32.1. The number of aromatic amines is 2. The third-order valence-electron chi connectivity index (χ3n) is 3.88. The van der Waals surface area contributed by atoms with Gasteiger partial charge >= 0.3 is 6.18 Å². The average Bonchev–Trinajstić information content (AvgIpc) is 2.47. The lowest BCUT2D eigenvalue weighted by Gasteiger charge is -2.27. The van der Waals surface area contributed by atoms with Gasteiger partial charge in [-0.25, -0.2) is 0 Å². The summed E-state index contributed by atoms with van der Waals surface area (Å²) in [5.74, 6) is 0. The first kappa shape index (κ1) is 15.9. The van der Waals surface area contributed by atoms with Crippen molar-refractivity contribution in [1.29, 1.82) is 0 Å². The van der Waals surface area contributed by atoms with Crippen molar-refractivity contribution in [3.05, 3.63) is 61.8 Å². The summed E-state index contributed by atoms with van der Waals surface area (Å²) >= 11 is 4.94. The number of halogens is 3. The van der Waals surface area contributed by atoms with Gasteiger partial charge in [-0.15, -0.1) is 0 Å². The van der Waals surface area contributed by atoms with E-state index in [1.165, 1.54) is 12.1 Å².